The number of fused-ring (bicyclic) bond motifs is 1. The molecule has 1 atom stereocenters. The molecule has 32 heavy (non-hydrogen) atoms. The van der Waals surface area contributed by atoms with Crippen molar-refractivity contribution in [3.63, 3.8) is 0 Å². The standard InChI is InChI=1S/C26H35N3O3/c1-19-16-28(17-20-8-6-5-7-9-20)18-21-10-11-23(27-24(19)21)31-22-12-14-29(15-13-22)25(30)32-26(2,3)4/h5-11,19,22H,12-18H2,1-4H3. The number of rotatable bonds is 4. The van der Waals surface area contributed by atoms with E-state index in [0.717, 1.165) is 38.2 Å². The number of nitrogens with zero attached hydrogens (tertiary/aromatic N) is 3. The molecule has 2 aliphatic rings. The predicted molar refractivity (Wildman–Crippen MR) is 125 cm³/mol. The summed E-state index contributed by atoms with van der Waals surface area (Å²) in [6.45, 7) is 12.1. The van der Waals surface area contributed by atoms with E-state index < -0.39 is 5.60 Å². The van der Waals surface area contributed by atoms with E-state index in [2.05, 4.69) is 48.2 Å². The second-order valence-electron chi connectivity index (χ2n) is 10.0. The van der Waals surface area contributed by atoms with Gasteiger partial charge in [-0.15, -0.1) is 0 Å². The van der Waals surface area contributed by atoms with Crippen molar-refractivity contribution in [2.45, 2.75) is 71.2 Å². The van der Waals surface area contributed by atoms with E-state index >= 15 is 0 Å². The van der Waals surface area contributed by atoms with Gasteiger partial charge in [-0.1, -0.05) is 43.3 Å². The Kier molecular flexibility index (Phi) is 6.70. The molecule has 0 saturated carbocycles. The van der Waals surface area contributed by atoms with Crippen LogP contribution >= 0.6 is 0 Å². The first-order valence-electron chi connectivity index (χ1n) is 11.7. The average Bonchev–Trinajstić information content (AvgIpc) is 2.74. The molecule has 1 aromatic carbocycles. The number of hydrogen-bond donors (Lipinski definition) is 0. The van der Waals surface area contributed by atoms with Gasteiger partial charge in [0.1, 0.15) is 11.7 Å². The Balaban J connectivity index is 1.32. The first-order valence-corrected chi connectivity index (χ1v) is 11.7. The van der Waals surface area contributed by atoms with Crippen LogP contribution in [0.4, 0.5) is 4.79 Å². The number of ether oxygens (including phenoxy) is 2. The molecular formula is C26H35N3O3. The Morgan fingerprint density at radius 2 is 1.81 bits per heavy atom. The van der Waals surface area contributed by atoms with Gasteiger partial charge in [-0.05, 0) is 31.9 Å². The van der Waals surface area contributed by atoms with Crippen molar-refractivity contribution < 1.29 is 14.3 Å². The molecule has 0 aliphatic carbocycles. The summed E-state index contributed by atoms with van der Waals surface area (Å²) in [4.78, 5) is 21.4. The molecule has 3 heterocycles. The summed E-state index contributed by atoms with van der Waals surface area (Å²) >= 11 is 0. The van der Waals surface area contributed by atoms with Crippen molar-refractivity contribution in [2.75, 3.05) is 19.6 Å². The van der Waals surface area contributed by atoms with Crippen molar-refractivity contribution in [3.8, 4) is 5.88 Å². The van der Waals surface area contributed by atoms with Crippen LogP contribution in [0.2, 0.25) is 0 Å². The molecule has 1 fully saturated rings. The normalized spacial score (nSPS) is 20.0. The highest BCUT2D eigenvalue weighted by molar-refractivity contribution is 5.68. The van der Waals surface area contributed by atoms with Crippen LogP contribution in [0.3, 0.4) is 0 Å². The second-order valence-corrected chi connectivity index (χ2v) is 10.0. The Morgan fingerprint density at radius 3 is 2.50 bits per heavy atom. The van der Waals surface area contributed by atoms with Crippen molar-refractivity contribution >= 4 is 6.09 Å². The molecule has 0 N–H and O–H groups in total. The minimum atomic E-state index is -0.467. The monoisotopic (exact) mass is 437 g/mol. The van der Waals surface area contributed by atoms with Gasteiger partial charge in [0.25, 0.3) is 0 Å². The summed E-state index contributed by atoms with van der Waals surface area (Å²) in [7, 11) is 0. The molecule has 1 unspecified atom stereocenters. The van der Waals surface area contributed by atoms with E-state index in [1.807, 2.05) is 26.8 Å². The molecule has 6 nitrogen and oxygen atoms in total. The van der Waals surface area contributed by atoms with Gasteiger partial charge in [-0.2, -0.15) is 0 Å². The number of likely N-dealkylation sites (tertiary alicyclic amines) is 1. The van der Waals surface area contributed by atoms with E-state index in [0.29, 0.717) is 24.9 Å². The summed E-state index contributed by atoms with van der Waals surface area (Å²) in [6, 6.07) is 14.8. The average molecular weight is 438 g/mol. The SMILES string of the molecule is CC1CN(Cc2ccccc2)Cc2ccc(OC3CCN(C(=O)OC(C)(C)C)CC3)nc21. The number of hydrogen-bond acceptors (Lipinski definition) is 5. The number of aromatic nitrogens is 1. The van der Waals surface area contributed by atoms with Crippen LogP contribution in [0.1, 0.15) is 63.3 Å². The number of carbonyl (C=O) groups excluding carboxylic acids is 1. The summed E-state index contributed by atoms with van der Waals surface area (Å²) in [5.41, 5.74) is 3.31. The molecule has 0 spiro atoms. The molecule has 1 saturated heterocycles. The number of benzene rings is 1. The van der Waals surface area contributed by atoms with E-state index in [4.69, 9.17) is 14.5 Å². The van der Waals surface area contributed by atoms with Gasteiger partial charge in [0.2, 0.25) is 5.88 Å². The van der Waals surface area contributed by atoms with Crippen LogP contribution in [-0.2, 0) is 17.8 Å². The third-order valence-corrected chi connectivity index (χ3v) is 6.01. The molecule has 0 radical (unpaired) electrons. The number of pyridine rings is 1. The van der Waals surface area contributed by atoms with Gasteiger partial charge in [0.15, 0.2) is 0 Å². The lowest BCUT2D eigenvalue weighted by Gasteiger charge is -2.34. The van der Waals surface area contributed by atoms with Gasteiger partial charge in [0, 0.05) is 57.5 Å². The quantitative estimate of drug-likeness (QED) is 0.675. The Morgan fingerprint density at radius 1 is 1.09 bits per heavy atom. The van der Waals surface area contributed by atoms with E-state index in [1.165, 1.54) is 11.1 Å². The smallest absolute Gasteiger partial charge is 0.410 e. The maximum atomic E-state index is 12.3. The van der Waals surface area contributed by atoms with E-state index in [9.17, 15) is 4.79 Å². The summed E-state index contributed by atoms with van der Waals surface area (Å²) in [5, 5.41) is 0. The first kappa shape index (κ1) is 22.6. The highest BCUT2D eigenvalue weighted by atomic mass is 16.6. The summed E-state index contributed by atoms with van der Waals surface area (Å²) in [5.74, 6) is 1.06. The summed E-state index contributed by atoms with van der Waals surface area (Å²) in [6.07, 6.45) is 1.42. The van der Waals surface area contributed by atoms with Gasteiger partial charge >= 0.3 is 6.09 Å². The van der Waals surface area contributed by atoms with Gasteiger partial charge in [-0.3, -0.25) is 4.90 Å². The largest absolute Gasteiger partial charge is 0.474 e. The molecular weight excluding hydrogens is 402 g/mol. The molecule has 1 aromatic heterocycles. The highest BCUT2D eigenvalue weighted by Crippen LogP contribution is 2.30. The van der Waals surface area contributed by atoms with E-state index in [-0.39, 0.29) is 12.2 Å². The highest BCUT2D eigenvalue weighted by Gasteiger charge is 2.29. The fourth-order valence-electron chi connectivity index (χ4n) is 4.51. The van der Waals surface area contributed by atoms with Crippen LogP contribution in [0.25, 0.3) is 0 Å². The van der Waals surface area contributed by atoms with Crippen LogP contribution in [-0.4, -0.2) is 52.2 Å². The minimum Gasteiger partial charge on any atom is -0.474 e. The van der Waals surface area contributed by atoms with Crippen LogP contribution in [0.15, 0.2) is 42.5 Å². The lowest BCUT2D eigenvalue weighted by molar-refractivity contribution is 0.0122. The van der Waals surface area contributed by atoms with Crippen LogP contribution < -0.4 is 4.74 Å². The maximum Gasteiger partial charge on any atom is 0.410 e. The fourth-order valence-corrected chi connectivity index (χ4v) is 4.51. The molecule has 2 aliphatic heterocycles. The molecule has 4 rings (SSSR count). The molecule has 0 bridgehead atoms. The van der Waals surface area contributed by atoms with Crippen molar-refractivity contribution in [3.05, 3.63) is 59.3 Å². The zero-order valence-electron chi connectivity index (χ0n) is 19.7. The number of amides is 1. The predicted octanol–water partition coefficient (Wildman–Crippen LogP) is 4.98. The second kappa shape index (κ2) is 9.49. The van der Waals surface area contributed by atoms with Crippen molar-refractivity contribution in [1.82, 2.24) is 14.8 Å². The van der Waals surface area contributed by atoms with Crippen molar-refractivity contribution in [1.29, 1.82) is 0 Å². The molecule has 6 heteroatoms. The molecule has 172 valence electrons. The Labute approximate surface area is 191 Å². The van der Waals surface area contributed by atoms with Crippen molar-refractivity contribution in [2.24, 2.45) is 0 Å². The fraction of sp³-hybridized carbons (Fsp3) is 0.538. The first-order chi connectivity index (χ1) is 15.3. The van der Waals surface area contributed by atoms with Crippen LogP contribution in [0, 0.1) is 0 Å². The zero-order chi connectivity index (χ0) is 22.7. The third-order valence-electron chi connectivity index (χ3n) is 6.01. The number of piperidine rings is 1. The van der Waals surface area contributed by atoms with Gasteiger partial charge in [-0.25, -0.2) is 9.78 Å². The van der Waals surface area contributed by atoms with Crippen LogP contribution in [0.5, 0.6) is 5.88 Å². The minimum absolute atomic E-state index is 0.0766. The molecule has 2 aromatic rings. The van der Waals surface area contributed by atoms with E-state index in [1.54, 1.807) is 4.90 Å². The Bertz CT molecular complexity index is 918. The lowest BCUT2D eigenvalue weighted by Crippen LogP contribution is -2.44. The Hall–Kier alpha value is -2.60. The molecule has 1 amide bonds. The van der Waals surface area contributed by atoms with Gasteiger partial charge < -0.3 is 14.4 Å². The third kappa shape index (κ3) is 5.80. The zero-order valence-corrected chi connectivity index (χ0v) is 19.7. The summed E-state index contributed by atoms with van der Waals surface area (Å²) < 4.78 is 11.7. The lowest BCUT2D eigenvalue weighted by atomic mass is 9.96. The maximum absolute atomic E-state index is 12.3. The number of carbonyl (C=O) groups is 1. The van der Waals surface area contributed by atoms with Gasteiger partial charge in [0.05, 0.1) is 5.69 Å². The topological polar surface area (TPSA) is 54.9 Å².